The van der Waals surface area contributed by atoms with Crippen LogP contribution in [0, 0.1) is 5.92 Å². The summed E-state index contributed by atoms with van der Waals surface area (Å²) in [6.45, 7) is 1.93. The number of piperidine rings is 1. The van der Waals surface area contributed by atoms with Crippen molar-refractivity contribution in [2.24, 2.45) is 5.92 Å². The van der Waals surface area contributed by atoms with Crippen LogP contribution in [-0.4, -0.2) is 34.8 Å². The molecule has 19 heavy (non-hydrogen) atoms. The van der Waals surface area contributed by atoms with E-state index in [0.29, 0.717) is 11.1 Å². The first-order chi connectivity index (χ1) is 9.28. The molecule has 0 bridgehead atoms. The van der Waals surface area contributed by atoms with Gasteiger partial charge in [0.2, 0.25) is 0 Å². The number of rotatable bonds is 2. The van der Waals surface area contributed by atoms with Crippen molar-refractivity contribution >= 4 is 28.5 Å². The van der Waals surface area contributed by atoms with Crippen molar-refractivity contribution in [3.05, 3.63) is 29.4 Å². The summed E-state index contributed by atoms with van der Waals surface area (Å²) in [6, 6.07) is 7.72. The van der Waals surface area contributed by atoms with Crippen LogP contribution < -0.4 is 4.90 Å². The minimum atomic E-state index is 0.217. The average Bonchev–Trinajstić information content (AvgIpc) is 2.46. The summed E-state index contributed by atoms with van der Waals surface area (Å²) in [5.41, 5.74) is 1.67. The molecular formula is C14H16ClN3O. The second kappa shape index (κ2) is 5.31. The molecular weight excluding hydrogens is 262 g/mol. The second-order valence-electron chi connectivity index (χ2n) is 4.96. The second-order valence-corrected chi connectivity index (χ2v) is 5.32. The van der Waals surface area contributed by atoms with Crippen LogP contribution in [0.15, 0.2) is 24.3 Å². The fourth-order valence-corrected chi connectivity index (χ4v) is 2.83. The topological polar surface area (TPSA) is 49.2 Å². The zero-order chi connectivity index (χ0) is 13.2. The Morgan fingerprint density at radius 2 is 2.00 bits per heavy atom. The maximum atomic E-state index is 9.30. The highest BCUT2D eigenvalue weighted by molar-refractivity contribution is 6.32. The van der Waals surface area contributed by atoms with Gasteiger partial charge in [0, 0.05) is 19.7 Å². The molecule has 2 heterocycles. The molecule has 0 unspecified atom stereocenters. The Balaban J connectivity index is 1.97. The Kier molecular flexibility index (Phi) is 3.53. The van der Waals surface area contributed by atoms with Gasteiger partial charge in [-0.2, -0.15) is 0 Å². The number of fused-ring (bicyclic) bond motifs is 1. The van der Waals surface area contributed by atoms with Gasteiger partial charge in [0.25, 0.3) is 0 Å². The first-order valence-electron chi connectivity index (χ1n) is 6.56. The first-order valence-corrected chi connectivity index (χ1v) is 6.94. The number of halogens is 1. The van der Waals surface area contributed by atoms with E-state index in [1.54, 1.807) is 0 Å². The molecule has 1 aliphatic rings. The Bertz CT molecular complexity index is 590. The maximum absolute atomic E-state index is 9.30. The quantitative estimate of drug-likeness (QED) is 0.916. The zero-order valence-electron chi connectivity index (χ0n) is 10.6. The molecule has 0 aliphatic carbocycles. The largest absolute Gasteiger partial charge is 0.396 e. The normalized spacial score (nSPS) is 19.9. The number of anilines is 1. The van der Waals surface area contributed by atoms with Gasteiger partial charge in [0.1, 0.15) is 0 Å². The van der Waals surface area contributed by atoms with E-state index < -0.39 is 0 Å². The molecule has 4 nitrogen and oxygen atoms in total. The average molecular weight is 278 g/mol. The van der Waals surface area contributed by atoms with E-state index in [4.69, 9.17) is 11.6 Å². The number of hydrogen-bond donors (Lipinski definition) is 1. The van der Waals surface area contributed by atoms with Gasteiger partial charge >= 0.3 is 0 Å². The summed E-state index contributed by atoms with van der Waals surface area (Å²) >= 11 is 6.25. The first kappa shape index (κ1) is 12.6. The number of aliphatic hydroxyl groups is 1. The minimum Gasteiger partial charge on any atom is -0.396 e. The SMILES string of the molecule is OC[C@H]1CCCN(c2nc3ccccc3nc2Cl)C1. The van der Waals surface area contributed by atoms with Crippen LogP contribution in [0.1, 0.15) is 12.8 Å². The van der Waals surface area contributed by atoms with E-state index in [2.05, 4.69) is 14.9 Å². The molecule has 0 spiro atoms. The smallest absolute Gasteiger partial charge is 0.172 e. The van der Waals surface area contributed by atoms with Crippen LogP contribution in [0.3, 0.4) is 0 Å². The lowest BCUT2D eigenvalue weighted by atomic mass is 9.99. The van der Waals surface area contributed by atoms with Crippen LogP contribution in [0.25, 0.3) is 11.0 Å². The molecule has 1 aromatic carbocycles. The molecule has 100 valence electrons. The van der Waals surface area contributed by atoms with E-state index in [-0.39, 0.29) is 6.61 Å². The molecule has 5 heteroatoms. The van der Waals surface area contributed by atoms with Gasteiger partial charge in [-0.1, -0.05) is 23.7 Å². The number of benzene rings is 1. The lowest BCUT2D eigenvalue weighted by Gasteiger charge is -2.32. The predicted molar refractivity (Wildman–Crippen MR) is 76.6 cm³/mol. The molecule has 0 amide bonds. The van der Waals surface area contributed by atoms with Gasteiger partial charge in [-0.15, -0.1) is 0 Å². The molecule has 0 radical (unpaired) electrons. The highest BCUT2D eigenvalue weighted by atomic mass is 35.5. The molecule has 2 aromatic rings. The van der Waals surface area contributed by atoms with E-state index in [1.807, 2.05) is 24.3 Å². The monoisotopic (exact) mass is 277 g/mol. The van der Waals surface area contributed by atoms with E-state index in [0.717, 1.165) is 42.8 Å². The summed E-state index contributed by atoms with van der Waals surface area (Å²) in [4.78, 5) is 11.1. The van der Waals surface area contributed by atoms with Crippen molar-refractivity contribution < 1.29 is 5.11 Å². The zero-order valence-corrected chi connectivity index (χ0v) is 11.3. The summed E-state index contributed by atoms with van der Waals surface area (Å²) in [5, 5.41) is 9.74. The highest BCUT2D eigenvalue weighted by Gasteiger charge is 2.22. The number of aliphatic hydroxyl groups excluding tert-OH is 1. The van der Waals surface area contributed by atoms with Gasteiger partial charge in [0.05, 0.1) is 11.0 Å². The van der Waals surface area contributed by atoms with E-state index >= 15 is 0 Å². The van der Waals surface area contributed by atoms with E-state index in [1.165, 1.54) is 0 Å². The van der Waals surface area contributed by atoms with E-state index in [9.17, 15) is 5.11 Å². The van der Waals surface area contributed by atoms with Crippen molar-refractivity contribution in [1.82, 2.24) is 9.97 Å². The van der Waals surface area contributed by atoms with Crippen molar-refractivity contribution in [1.29, 1.82) is 0 Å². The van der Waals surface area contributed by atoms with Gasteiger partial charge in [-0.05, 0) is 30.9 Å². The van der Waals surface area contributed by atoms with Gasteiger partial charge in [-0.3, -0.25) is 0 Å². The Labute approximate surface area is 117 Å². The molecule has 1 aromatic heterocycles. The molecule has 1 atom stereocenters. The standard InChI is InChI=1S/C14H16ClN3O/c15-13-14(18-7-3-4-10(8-18)9-19)17-12-6-2-1-5-11(12)16-13/h1-2,5-6,10,19H,3-4,7-9H2/t10-/m0/s1. The Morgan fingerprint density at radius 3 is 2.74 bits per heavy atom. The van der Waals surface area contributed by atoms with Gasteiger partial charge in [-0.25, -0.2) is 9.97 Å². The predicted octanol–water partition coefficient (Wildman–Crippen LogP) is 2.49. The Morgan fingerprint density at radius 1 is 1.26 bits per heavy atom. The van der Waals surface area contributed by atoms with Crippen molar-refractivity contribution in [2.45, 2.75) is 12.8 Å². The van der Waals surface area contributed by atoms with Crippen molar-refractivity contribution in [3.8, 4) is 0 Å². The highest BCUT2D eigenvalue weighted by Crippen LogP contribution is 2.28. The third-order valence-electron chi connectivity index (χ3n) is 3.59. The van der Waals surface area contributed by atoms with Gasteiger partial charge < -0.3 is 10.0 Å². The lowest BCUT2D eigenvalue weighted by molar-refractivity contribution is 0.208. The molecule has 1 fully saturated rings. The number of para-hydroxylation sites is 2. The summed E-state index contributed by atoms with van der Waals surface area (Å²) in [6.07, 6.45) is 2.11. The summed E-state index contributed by atoms with van der Waals surface area (Å²) < 4.78 is 0. The molecule has 0 saturated carbocycles. The fourth-order valence-electron chi connectivity index (χ4n) is 2.58. The van der Waals surface area contributed by atoms with Crippen LogP contribution in [0.2, 0.25) is 5.15 Å². The third-order valence-corrected chi connectivity index (χ3v) is 3.84. The summed E-state index contributed by atoms with van der Waals surface area (Å²) in [5.74, 6) is 1.04. The van der Waals surface area contributed by atoms with Crippen LogP contribution in [-0.2, 0) is 0 Å². The minimum absolute atomic E-state index is 0.217. The van der Waals surface area contributed by atoms with Crippen molar-refractivity contribution in [3.63, 3.8) is 0 Å². The third kappa shape index (κ3) is 2.51. The fraction of sp³-hybridized carbons (Fsp3) is 0.429. The van der Waals surface area contributed by atoms with Gasteiger partial charge in [0.15, 0.2) is 11.0 Å². The van der Waals surface area contributed by atoms with Crippen LogP contribution >= 0.6 is 11.6 Å². The number of nitrogens with zero attached hydrogens (tertiary/aromatic N) is 3. The Hall–Kier alpha value is -1.39. The number of hydrogen-bond acceptors (Lipinski definition) is 4. The molecule has 1 saturated heterocycles. The van der Waals surface area contributed by atoms with Crippen molar-refractivity contribution in [2.75, 3.05) is 24.6 Å². The molecule has 3 rings (SSSR count). The van der Waals surface area contributed by atoms with Crippen LogP contribution in [0.5, 0.6) is 0 Å². The summed E-state index contributed by atoms with van der Waals surface area (Å²) in [7, 11) is 0. The molecule has 1 aliphatic heterocycles. The number of aromatic nitrogens is 2. The maximum Gasteiger partial charge on any atom is 0.172 e. The van der Waals surface area contributed by atoms with Crippen LogP contribution in [0.4, 0.5) is 5.82 Å². The molecule has 1 N–H and O–H groups in total. The lowest BCUT2D eigenvalue weighted by Crippen LogP contribution is -2.37.